The predicted octanol–water partition coefficient (Wildman–Crippen LogP) is 3.63. The lowest BCUT2D eigenvalue weighted by Gasteiger charge is -2.12. The van der Waals surface area contributed by atoms with Crippen LogP contribution in [0.15, 0.2) is 42.5 Å². The zero-order chi connectivity index (χ0) is 11.4. The average molecular weight is 232 g/mol. The van der Waals surface area contributed by atoms with E-state index in [0.717, 1.165) is 22.5 Å². The van der Waals surface area contributed by atoms with Gasteiger partial charge in [0.15, 0.2) is 0 Å². The third-order valence-electron chi connectivity index (χ3n) is 2.66. The molecule has 0 aliphatic carbocycles. The van der Waals surface area contributed by atoms with E-state index in [4.69, 9.17) is 0 Å². The van der Waals surface area contributed by atoms with Crippen LogP contribution < -0.4 is 0 Å². The molecule has 0 aliphatic rings. The minimum atomic E-state index is -0.365. The Kier molecular flexibility index (Phi) is 3.86. The van der Waals surface area contributed by atoms with Crippen molar-refractivity contribution in [2.75, 3.05) is 11.5 Å². The summed E-state index contributed by atoms with van der Waals surface area (Å²) in [6.45, 7) is 2.11. The van der Waals surface area contributed by atoms with Crippen molar-refractivity contribution >= 4 is 22.5 Å². The maximum absolute atomic E-state index is 10.1. The van der Waals surface area contributed by atoms with Crippen molar-refractivity contribution in [1.82, 2.24) is 0 Å². The van der Waals surface area contributed by atoms with Gasteiger partial charge in [-0.05, 0) is 22.1 Å². The van der Waals surface area contributed by atoms with Gasteiger partial charge in [0.05, 0.1) is 6.10 Å². The maximum Gasteiger partial charge on any atom is 0.0886 e. The molecule has 0 aromatic heterocycles. The average Bonchev–Trinajstić information content (AvgIpc) is 2.35. The number of thioether (sulfide) groups is 1. The Bertz CT molecular complexity index is 462. The summed E-state index contributed by atoms with van der Waals surface area (Å²) in [4.78, 5) is 0. The third-order valence-corrected chi connectivity index (χ3v) is 3.62. The molecule has 1 N–H and O–H groups in total. The molecule has 2 aromatic carbocycles. The Labute approximate surface area is 100 Å². The van der Waals surface area contributed by atoms with Crippen molar-refractivity contribution < 1.29 is 5.11 Å². The van der Waals surface area contributed by atoms with Crippen LogP contribution in [0.3, 0.4) is 0 Å². The summed E-state index contributed by atoms with van der Waals surface area (Å²) in [7, 11) is 0. The molecule has 1 unspecified atom stereocenters. The fourth-order valence-electron chi connectivity index (χ4n) is 1.86. The second-order valence-corrected chi connectivity index (χ2v) is 5.06. The van der Waals surface area contributed by atoms with E-state index < -0.39 is 0 Å². The van der Waals surface area contributed by atoms with Gasteiger partial charge in [0.1, 0.15) is 0 Å². The normalized spacial score (nSPS) is 12.9. The van der Waals surface area contributed by atoms with Crippen LogP contribution in [-0.2, 0) is 0 Å². The summed E-state index contributed by atoms with van der Waals surface area (Å²) >= 11 is 1.77. The topological polar surface area (TPSA) is 20.2 Å². The second kappa shape index (κ2) is 5.37. The SMILES string of the molecule is CCSCC(O)c1cccc2ccccc12. The van der Waals surface area contributed by atoms with Crippen LogP contribution in [0.25, 0.3) is 10.8 Å². The molecule has 0 bridgehead atoms. The first kappa shape index (κ1) is 11.5. The lowest BCUT2D eigenvalue weighted by atomic mass is 10.0. The Morgan fingerprint density at radius 2 is 1.88 bits per heavy atom. The highest BCUT2D eigenvalue weighted by molar-refractivity contribution is 7.99. The van der Waals surface area contributed by atoms with Gasteiger partial charge in [0.2, 0.25) is 0 Å². The first-order valence-electron chi connectivity index (χ1n) is 5.56. The van der Waals surface area contributed by atoms with E-state index >= 15 is 0 Å². The molecule has 0 amide bonds. The number of aliphatic hydroxyl groups excluding tert-OH is 1. The Balaban J connectivity index is 2.36. The maximum atomic E-state index is 10.1. The van der Waals surface area contributed by atoms with Crippen LogP contribution in [0.2, 0.25) is 0 Å². The van der Waals surface area contributed by atoms with Crippen molar-refractivity contribution in [3.8, 4) is 0 Å². The minimum Gasteiger partial charge on any atom is -0.388 e. The lowest BCUT2D eigenvalue weighted by Crippen LogP contribution is -2.01. The van der Waals surface area contributed by atoms with E-state index in [-0.39, 0.29) is 6.10 Å². The zero-order valence-electron chi connectivity index (χ0n) is 9.39. The molecule has 0 saturated carbocycles. The molecule has 0 heterocycles. The van der Waals surface area contributed by atoms with Crippen LogP contribution >= 0.6 is 11.8 Å². The van der Waals surface area contributed by atoms with Crippen molar-refractivity contribution in [2.45, 2.75) is 13.0 Å². The molecule has 0 fully saturated rings. The van der Waals surface area contributed by atoms with Gasteiger partial charge < -0.3 is 5.11 Å². The van der Waals surface area contributed by atoms with E-state index in [1.54, 1.807) is 11.8 Å². The minimum absolute atomic E-state index is 0.365. The second-order valence-electron chi connectivity index (χ2n) is 3.74. The monoisotopic (exact) mass is 232 g/mol. The van der Waals surface area contributed by atoms with Crippen molar-refractivity contribution in [2.24, 2.45) is 0 Å². The van der Waals surface area contributed by atoms with Crippen molar-refractivity contribution in [1.29, 1.82) is 0 Å². The quantitative estimate of drug-likeness (QED) is 0.868. The molecule has 0 aliphatic heterocycles. The molecule has 1 nitrogen and oxygen atoms in total. The van der Waals surface area contributed by atoms with Gasteiger partial charge in [-0.15, -0.1) is 0 Å². The highest BCUT2D eigenvalue weighted by atomic mass is 32.2. The molecule has 2 rings (SSSR count). The largest absolute Gasteiger partial charge is 0.388 e. The van der Waals surface area contributed by atoms with Gasteiger partial charge in [-0.3, -0.25) is 0 Å². The number of hydrogen-bond donors (Lipinski definition) is 1. The summed E-state index contributed by atoms with van der Waals surface area (Å²) in [5, 5.41) is 12.5. The summed E-state index contributed by atoms with van der Waals surface area (Å²) in [6, 6.07) is 14.3. The van der Waals surface area contributed by atoms with E-state index in [1.165, 1.54) is 5.39 Å². The van der Waals surface area contributed by atoms with Gasteiger partial charge in [0, 0.05) is 5.75 Å². The summed E-state index contributed by atoms with van der Waals surface area (Å²) in [5.41, 5.74) is 1.04. The van der Waals surface area contributed by atoms with Crippen molar-refractivity contribution in [3.63, 3.8) is 0 Å². The van der Waals surface area contributed by atoms with Crippen LogP contribution in [0.1, 0.15) is 18.6 Å². The first-order valence-corrected chi connectivity index (χ1v) is 6.72. The summed E-state index contributed by atoms with van der Waals surface area (Å²) in [5.74, 6) is 1.81. The molecule has 16 heavy (non-hydrogen) atoms. The molecule has 0 radical (unpaired) electrons. The number of benzene rings is 2. The van der Waals surface area contributed by atoms with Crippen molar-refractivity contribution in [3.05, 3.63) is 48.0 Å². The highest BCUT2D eigenvalue weighted by Crippen LogP contribution is 2.26. The van der Waals surface area contributed by atoms with E-state index in [0.29, 0.717) is 0 Å². The highest BCUT2D eigenvalue weighted by Gasteiger charge is 2.10. The van der Waals surface area contributed by atoms with Crippen LogP contribution in [0, 0.1) is 0 Å². The van der Waals surface area contributed by atoms with E-state index in [1.807, 2.05) is 24.3 Å². The van der Waals surface area contributed by atoms with Gasteiger partial charge >= 0.3 is 0 Å². The van der Waals surface area contributed by atoms with E-state index in [9.17, 15) is 5.11 Å². The first-order chi connectivity index (χ1) is 7.83. The lowest BCUT2D eigenvalue weighted by molar-refractivity contribution is 0.205. The molecular weight excluding hydrogens is 216 g/mol. The molecule has 0 spiro atoms. The fourth-order valence-corrected chi connectivity index (χ4v) is 2.50. The van der Waals surface area contributed by atoms with Gasteiger partial charge in [-0.1, -0.05) is 49.4 Å². The standard InChI is InChI=1S/C14H16OS/c1-2-16-10-14(15)13-9-5-7-11-6-3-4-8-12(11)13/h3-9,14-15H,2,10H2,1H3. The molecule has 2 heteroatoms. The van der Waals surface area contributed by atoms with Crippen LogP contribution in [0.4, 0.5) is 0 Å². The van der Waals surface area contributed by atoms with Crippen LogP contribution in [-0.4, -0.2) is 16.6 Å². The van der Waals surface area contributed by atoms with E-state index in [2.05, 4.69) is 25.1 Å². The molecule has 2 aromatic rings. The number of hydrogen-bond acceptors (Lipinski definition) is 2. The fraction of sp³-hybridized carbons (Fsp3) is 0.286. The molecular formula is C14H16OS. The third kappa shape index (κ3) is 2.39. The Hall–Kier alpha value is -0.990. The van der Waals surface area contributed by atoms with Crippen LogP contribution in [0.5, 0.6) is 0 Å². The summed E-state index contributed by atoms with van der Waals surface area (Å²) < 4.78 is 0. The van der Waals surface area contributed by atoms with Gasteiger partial charge in [-0.25, -0.2) is 0 Å². The Morgan fingerprint density at radius 3 is 2.69 bits per heavy atom. The smallest absolute Gasteiger partial charge is 0.0886 e. The van der Waals surface area contributed by atoms with Gasteiger partial charge in [-0.2, -0.15) is 11.8 Å². The molecule has 1 atom stereocenters. The number of aliphatic hydroxyl groups is 1. The summed E-state index contributed by atoms with van der Waals surface area (Å²) in [6.07, 6.45) is -0.365. The predicted molar refractivity (Wildman–Crippen MR) is 71.9 cm³/mol. The Morgan fingerprint density at radius 1 is 1.12 bits per heavy atom. The van der Waals surface area contributed by atoms with Gasteiger partial charge in [0.25, 0.3) is 0 Å². The molecule has 0 saturated heterocycles. The molecule has 84 valence electrons. The number of rotatable bonds is 4. The number of fused-ring (bicyclic) bond motifs is 1. The zero-order valence-corrected chi connectivity index (χ0v) is 10.2.